The molecule has 0 rings (SSSR count). The first-order valence-electron chi connectivity index (χ1n) is 6.81. The molecule has 0 aliphatic carbocycles. The van der Waals surface area contributed by atoms with E-state index in [0.29, 0.717) is 6.54 Å². The molecule has 17 heavy (non-hydrogen) atoms. The summed E-state index contributed by atoms with van der Waals surface area (Å²) in [4.78, 5) is 2.20. The number of aliphatic hydroxyl groups is 2. The Morgan fingerprint density at radius 1 is 1.00 bits per heavy atom. The summed E-state index contributed by atoms with van der Waals surface area (Å²) in [7, 11) is 0. The largest absolute Gasteiger partial charge is 0.394 e. The molecule has 0 atom stereocenters. The van der Waals surface area contributed by atoms with Gasteiger partial charge in [-0.2, -0.15) is 0 Å². The van der Waals surface area contributed by atoms with Crippen molar-refractivity contribution in [3.8, 4) is 0 Å². The van der Waals surface area contributed by atoms with Crippen LogP contribution in [0.4, 0.5) is 0 Å². The molecule has 0 aliphatic rings. The molecule has 0 fully saturated rings. The second-order valence-electron chi connectivity index (χ2n) is 6.27. The van der Waals surface area contributed by atoms with Crippen LogP contribution in [0.3, 0.4) is 0 Å². The van der Waals surface area contributed by atoms with Crippen LogP contribution in [0.5, 0.6) is 0 Å². The second-order valence-corrected chi connectivity index (χ2v) is 6.27. The van der Waals surface area contributed by atoms with Crippen LogP contribution < -0.4 is 0 Å². The van der Waals surface area contributed by atoms with Gasteiger partial charge in [0.05, 0.1) is 12.2 Å². The van der Waals surface area contributed by atoms with Gasteiger partial charge in [0.2, 0.25) is 0 Å². The minimum atomic E-state index is -0.711. The molecule has 0 aromatic carbocycles. The first kappa shape index (κ1) is 16.9. The van der Waals surface area contributed by atoms with Crippen LogP contribution in [0.2, 0.25) is 0 Å². The van der Waals surface area contributed by atoms with E-state index < -0.39 is 5.60 Å². The number of rotatable bonds is 9. The van der Waals surface area contributed by atoms with Crippen molar-refractivity contribution in [3.63, 3.8) is 0 Å². The van der Waals surface area contributed by atoms with Gasteiger partial charge in [-0.05, 0) is 40.7 Å². The third-order valence-corrected chi connectivity index (χ3v) is 3.10. The number of hydrogen-bond donors (Lipinski definition) is 2. The summed E-state index contributed by atoms with van der Waals surface area (Å²) < 4.78 is 0. The number of nitrogens with zero attached hydrogens (tertiary/aromatic N) is 1. The lowest BCUT2D eigenvalue weighted by Gasteiger charge is -2.40. The van der Waals surface area contributed by atoms with Crippen molar-refractivity contribution in [1.29, 1.82) is 0 Å². The number of unbranched alkanes of at least 4 members (excludes halogenated alkanes) is 3. The third kappa shape index (κ3) is 7.74. The molecular weight excluding hydrogens is 214 g/mol. The van der Waals surface area contributed by atoms with Gasteiger partial charge in [0.1, 0.15) is 0 Å². The normalized spacial score (nSPS) is 13.4. The van der Waals surface area contributed by atoms with E-state index in [4.69, 9.17) is 0 Å². The zero-order chi connectivity index (χ0) is 13.5. The quantitative estimate of drug-likeness (QED) is 0.613. The van der Waals surface area contributed by atoms with Crippen molar-refractivity contribution < 1.29 is 10.2 Å². The van der Waals surface area contributed by atoms with Crippen molar-refractivity contribution in [2.24, 2.45) is 0 Å². The first-order chi connectivity index (χ1) is 7.73. The highest BCUT2D eigenvalue weighted by molar-refractivity contribution is 4.85. The van der Waals surface area contributed by atoms with Gasteiger partial charge in [0.25, 0.3) is 0 Å². The number of β-amino-alcohol motifs (C(OH)–C–C–N with tert-alkyl or cyclic N) is 1. The molecule has 0 unspecified atom stereocenters. The van der Waals surface area contributed by atoms with Crippen LogP contribution in [0.25, 0.3) is 0 Å². The zero-order valence-electron chi connectivity index (χ0n) is 12.3. The Balaban J connectivity index is 4.31. The van der Waals surface area contributed by atoms with E-state index in [2.05, 4.69) is 11.8 Å². The maximum absolute atomic E-state index is 9.93. The maximum atomic E-state index is 9.93. The molecule has 0 saturated heterocycles. The molecule has 0 spiro atoms. The molecule has 0 bridgehead atoms. The van der Waals surface area contributed by atoms with Crippen molar-refractivity contribution >= 4 is 0 Å². The minimum Gasteiger partial charge on any atom is -0.394 e. The predicted molar refractivity (Wildman–Crippen MR) is 73.2 cm³/mol. The Hall–Kier alpha value is -0.120. The predicted octanol–water partition coefficient (Wildman–Crippen LogP) is 2.41. The average molecular weight is 245 g/mol. The van der Waals surface area contributed by atoms with E-state index in [1.54, 1.807) is 0 Å². The summed E-state index contributed by atoms with van der Waals surface area (Å²) in [5, 5.41) is 19.4. The molecule has 0 amide bonds. The van der Waals surface area contributed by atoms with E-state index in [9.17, 15) is 10.2 Å². The van der Waals surface area contributed by atoms with E-state index >= 15 is 0 Å². The number of aliphatic hydroxyl groups excluding tert-OH is 1. The van der Waals surface area contributed by atoms with E-state index in [-0.39, 0.29) is 12.1 Å². The Morgan fingerprint density at radius 2 is 1.59 bits per heavy atom. The molecule has 3 heteroatoms. The summed E-state index contributed by atoms with van der Waals surface area (Å²) >= 11 is 0. The van der Waals surface area contributed by atoms with E-state index in [1.807, 2.05) is 27.7 Å². The fourth-order valence-corrected chi connectivity index (χ4v) is 1.89. The maximum Gasteiger partial charge on any atom is 0.0718 e. The van der Waals surface area contributed by atoms with Crippen molar-refractivity contribution in [2.75, 3.05) is 19.7 Å². The van der Waals surface area contributed by atoms with E-state index in [0.717, 1.165) is 13.0 Å². The van der Waals surface area contributed by atoms with Crippen LogP contribution in [0.15, 0.2) is 0 Å². The van der Waals surface area contributed by atoms with Gasteiger partial charge in [0.15, 0.2) is 0 Å². The fraction of sp³-hybridized carbons (Fsp3) is 1.00. The summed E-state index contributed by atoms with van der Waals surface area (Å²) in [5.41, 5.74) is -0.969. The smallest absolute Gasteiger partial charge is 0.0718 e. The Bertz CT molecular complexity index is 197. The van der Waals surface area contributed by atoms with Crippen LogP contribution >= 0.6 is 0 Å². The van der Waals surface area contributed by atoms with Gasteiger partial charge < -0.3 is 10.2 Å². The van der Waals surface area contributed by atoms with Gasteiger partial charge in [-0.3, -0.25) is 4.90 Å². The van der Waals surface area contributed by atoms with Gasteiger partial charge in [-0.25, -0.2) is 0 Å². The molecule has 0 radical (unpaired) electrons. The number of hydrogen-bond acceptors (Lipinski definition) is 3. The summed E-state index contributed by atoms with van der Waals surface area (Å²) in [6.45, 7) is 11.6. The zero-order valence-corrected chi connectivity index (χ0v) is 12.3. The van der Waals surface area contributed by atoms with Crippen molar-refractivity contribution in [1.82, 2.24) is 4.90 Å². The van der Waals surface area contributed by atoms with Crippen LogP contribution in [-0.4, -0.2) is 45.9 Å². The Morgan fingerprint density at radius 3 is 2.00 bits per heavy atom. The first-order valence-corrected chi connectivity index (χ1v) is 6.81. The van der Waals surface area contributed by atoms with E-state index in [1.165, 1.54) is 19.3 Å². The molecule has 3 nitrogen and oxygen atoms in total. The van der Waals surface area contributed by atoms with Crippen molar-refractivity contribution in [3.05, 3.63) is 0 Å². The Labute approximate surface area is 107 Å². The lowest BCUT2D eigenvalue weighted by Crippen LogP contribution is -2.52. The topological polar surface area (TPSA) is 43.7 Å². The molecule has 104 valence electrons. The molecule has 0 heterocycles. The highest BCUT2D eigenvalue weighted by Crippen LogP contribution is 2.18. The monoisotopic (exact) mass is 245 g/mol. The SMILES string of the molecule is CCCCCCN(CC(C)(C)O)C(C)(C)CO. The van der Waals surface area contributed by atoms with Crippen LogP contribution in [0, 0.1) is 0 Å². The minimum absolute atomic E-state index is 0.122. The highest BCUT2D eigenvalue weighted by atomic mass is 16.3. The van der Waals surface area contributed by atoms with Crippen LogP contribution in [-0.2, 0) is 0 Å². The van der Waals surface area contributed by atoms with Gasteiger partial charge in [0, 0.05) is 12.1 Å². The molecule has 0 aliphatic heterocycles. The molecule has 2 N–H and O–H groups in total. The fourth-order valence-electron chi connectivity index (χ4n) is 1.89. The lowest BCUT2D eigenvalue weighted by molar-refractivity contribution is -0.0203. The average Bonchev–Trinajstić information content (AvgIpc) is 2.21. The Kier molecular flexibility index (Phi) is 7.29. The van der Waals surface area contributed by atoms with Gasteiger partial charge in [-0.1, -0.05) is 26.2 Å². The molecule has 0 aromatic heterocycles. The highest BCUT2D eigenvalue weighted by Gasteiger charge is 2.29. The van der Waals surface area contributed by atoms with Crippen molar-refractivity contribution in [2.45, 2.75) is 71.4 Å². The van der Waals surface area contributed by atoms with Gasteiger partial charge >= 0.3 is 0 Å². The van der Waals surface area contributed by atoms with Crippen LogP contribution in [0.1, 0.15) is 60.3 Å². The molecule has 0 aromatic rings. The summed E-state index contributed by atoms with van der Waals surface area (Å²) in [6, 6.07) is 0. The summed E-state index contributed by atoms with van der Waals surface area (Å²) in [6.07, 6.45) is 4.85. The molecular formula is C14H31NO2. The third-order valence-electron chi connectivity index (χ3n) is 3.10. The standard InChI is InChI=1S/C14H31NO2/c1-6-7-8-9-10-15(11-14(4,5)17)13(2,3)12-16/h16-17H,6-12H2,1-5H3. The second kappa shape index (κ2) is 7.34. The molecule has 0 saturated carbocycles. The lowest BCUT2D eigenvalue weighted by atomic mass is 9.99. The summed E-state index contributed by atoms with van der Waals surface area (Å²) in [5.74, 6) is 0. The van der Waals surface area contributed by atoms with Gasteiger partial charge in [-0.15, -0.1) is 0 Å².